The number of carbonyl (C=O) groups is 4. The SMILES string of the molecule is CC(=O)OCC=CCC(C=O)=C1O[C@@H]2CC(=O)N2C1OC(=O)OCc1ccccc1. The van der Waals surface area contributed by atoms with Crippen LogP contribution in [0.3, 0.4) is 0 Å². The van der Waals surface area contributed by atoms with Crippen molar-refractivity contribution in [2.24, 2.45) is 0 Å². The smallest absolute Gasteiger partial charge is 0.468 e. The van der Waals surface area contributed by atoms with E-state index in [0.717, 1.165) is 5.56 Å². The molecular formula is C21H21NO8. The van der Waals surface area contributed by atoms with E-state index in [1.54, 1.807) is 24.3 Å². The lowest BCUT2D eigenvalue weighted by molar-refractivity contribution is -0.165. The van der Waals surface area contributed by atoms with Crippen LogP contribution < -0.4 is 0 Å². The number of carbonyl (C=O) groups excluding carboxylic acids is 4. The molecule has 1 unspecified atom stereocenters. The molecule has 2 aliphatic rings. The second kappa shape index (κ2) is 9.73. The molecule has 3 rings (SSSR count). The van der Waals surface area contributed by atoms with Gasteiger partial charge in [0.1, 0.15) is 19.5 Å². The van der Waals surface area contributed by atoms with Crippen LogP contribution in [0.2, 0.25) is 0 Å². The lowest BCUT2D eigenvalue weighted by Gasteiger charge is -2.33. The third-order valence-electron chi connectivity index (χ3n) is 4.44. The lowest BCUT2D eigenvalue weighted by Crippen LogP contribution is -2.53. The zero-order valence-electron chi connectivity index (χ0n) is 16.3. The fourth-order valence-electron chi connectivity index (χ4n) is 2.95. The Morgan fingerprint density at radius 3 is 2.63 bits per heavy atom. The molecule has 9 heteroatoms. The summed E-state index contributed by atoms with van der Waals surface area (Å²) in [4.78, 5) is 47.7. The quantitative estimate of drug-likeness (QED) is 0.209. The summed E-state index contributed by atoms with van der Waals surface area (Å²) in [7, 11) is 0. The molecule has 0 bridgehead atoms. The number of aldehydes is 1. The van der Waals surface area contributed by atoms with Gasteiger partial charge in [-0.1, -0.05) is 42.5 Å². The number of nitrogens with zero attached hydrogens (tertiary/aromatic N) is 1. The van der Waals surface area contributed by atoms with E-state index >= 15 is 0 Å². The number of esters is 1. The van der Waals surface area contributed by atoms with Crippen molar-refractivity contribution in [1.29, 1.82) is 0 Å². The predicted molar refractivity (Wildman–Crippen MR) is 101 cm³/mol. The van der Waals surface area contributed by atoms with Gasteiger partial charge >= 0.3 is 12.1 Å². The maximum absolute atomic E-state index is 12.2. The average Bonchev–Trinajstić information content (AvgIpc) is 3.01. The molecule has 2 aliphatic heterocycles. The Bertz CT molecular complexity index is 876. The van der Waals surface area contributed by atoms with E-state index in [1.165, 1.54) is 11.8 Å². The van der Waals surface area contributed by atoms with Gasteiger partial charge in [-0.15, -0.1) is 0 Å². The first-order valence-electron chi connectivity index (χ1n) is 9.31. The summed E-state index contributed by atoms with van der Waals surface area (Å²) in [6, 6.07) is 9.04. The molecule has 0 saturated carbocycles. The van der Waals surface area contributed by atoms with Crippen LogP contribution in [-0.2, 0) is 39.9 Å². The Morgan fingerprint density at radius 2 is 1.97 bits per heavy atom. The average molecular weight is 415 g/mol. The highest BCUT2D eigenvalue weighted by atomic mass is 16.7. The Kier molecular flexibility index (Phi) is 6.84. The maximum Gasteiger partial charge on any atom is 0.510 e. The maximum atomic E-state index is 12.2. The van der Waals surface area contributed by atoms with Crippen molar-refractivity contribution in [2.75, 3.05) is 6.61 Å². The predicted octanol–water partition coefficient (Wildman–Crippen LogP) is 2.22. The molecule has 1 aromatic rings. The van der Waals surface area contributed by atoms with E-state index in [4.69, 9.17) is 18.9 Å². The number of ether oxygens (including phenoxy) is 4. The number of β-lactam (4-membered cyclic amide) rings is 1. The third kappa shape index (κ3) is 5.05. The molecule has 0 spiro atoms. The first-order chi connectivity index (χ1) is 14.5. The zero-order chi connectivity index (χ0) is 21.5. The van der Waals surface area contributed by atoms with Gasteiger partial charge in [-0.05, 0) is 12.0 Å². The van der Waals surface area contributed by atoms with Gasteiger partial charge in [-0.2, -0.15) is 0 Å². The monoisotopic (exact) mass is 415 g/mol. The Balaban J connectivity index is 1.66. The Labute approximate surface area is 172 Å². The van der Waals surface area contributed by atoms with E-state index in [0.29, 0.717) is 6.29 Å². The number of amides is 1. The van der Waals surface area contributed by atoms with Crippen LogP contribution in [0.15, 0.2) is 53.8 Å². The van der Waals surface area contributed by atoms with Gasteiger partial charge in [-0.3, -0.25) is 19.3 Å². The second-order valence-electron chi connectivity index (χ2n) is 6.56. The topological polar surface area (TPSA) is 108 Å². The van der Waals surface area contributed by atoms with Crippen molar-refractivity contribution >= 4 is 24.3 Å². The van der Waals surface area contributed by atoms with Gasteiger partial charge in [-0.25, -0.2) is 4.79 Å². The van der Waals surface area contributed by atoms with Gasteiger partial charge in [0, 0.05) is 12.5 Å². The first kappa shape index (κ1) is 21.1. The van der Waals surface area contributed by atoms with Crippen LogP contribution in [0.4, 0.5) is 4.79 Å². The summed E-state index contributed by atoms with van der Waals surface area (Å²) in [5, 5.41) is 0. The molecule has 0 aliphatic carbocycles. The van der Waals surface area contributed by atoms with E-state index in [-0.39, 0.29) is 43.3 Å². The number of benzene rings is 1. The van der Waals surface area contributed by atoms with Crippen molar-refractivity contribution in [3.8, 4) is 0 Å². The third-order valence-corrected chi connectivity index (χ3v) is 4.44. The van der Waals surface area contributed by atoms with E-state index in [1.807, 2.05) is 18.2 Å². The number of rotatable bonds is 8. The highest BCUT2D eigenvalue weighted by Gasteiger charge is 2.53. The highest BCUT2D eigenvalue weighted by Crippen LogP contribution is 2.38. The Hall–Kier alpha value is -3.62. The lowest BCUT2D eigenvalue weighted by atomic mass is 10.1. The molecule has 2 atom stereocenters. The number of allylic oxidation sites excluding steroid dienone is 2. The van der Waals surface area contributed by atoms with Crippen LogP contribution in [0.5, 0.6) is 0 Å². The number of hydrogen-bond donors (Lipinski definition) is 0. The van der Waals surface area contributed by atoms with Crippen molar-refractivity contribution in [2.45, 2.75) is 38.8 Å². The summed E-state index contributed by atoms with van der Waals surface area (Å²) in [5.41, 5.74) is 0.981. The highest BCUT2D eigenvalue weighted by molar-refractivity contribution is 5.85. The summed E-state index contributed by atoms with van der Waals surface area (Å²) < 4.78 is 20.8. The number of hydrogen-bond acceptors (Lipinski definition) is 8. The van der Waals surface area contributed by atoms with Crippen LogP contribution in [-0.4, -0.2) is 48.3 Å². The largest absolute Gasteiger partial charge is 0.510 e. The van der Waals surface area contributed by atoms with E-state index < -0.39 is 24.6 Å². The summed E-state index contributed by atoms with van der Waals surface area (Å²) in [6.45, 7) is 1.36. The van der Waals surface area contributed by atoms with Gasteiger partial charge < -0.3 is 18.9 Å². The van der Waals surface area contributed by atoms with Crippen molar-refractivity contribution in [3.05, 3.63) is 59.4 Å². The fourth-order valence-corrected chi connectivity index (χ4v) is 2.95. The molecule has 0 radical (unpaired) electrons. The standard InChI is InChI=1S/C21H21NO8/c1-14(24)27-10-6-5-9-16(12-23)19-20(22-17(25)11-18(22)29-19)30-21(26)28-13-15-7-3-2-4-8-15/h2-8,12,18,20H,9-11,13H2,1H3/t18-,20?/m1/s1. The van der Waals surface area contributed by atoms with Gasteiger partial charge in [0.25, 0.3) is 0 Å². The minimum absolute atomic E-state index is 0.00307. The molecule has 9 nitrogen and oxygen atoms in total. The minimum atomic E-state index is -1.17. The fraction of sp³-hybridized carbons (Fsp3) is 0.333. The van der Waals surface area contributed by atoms with E-state index in [9.17, 15) is 19.2 Å². The molecule has 0 N–H and O–H groups in total. The molecule has 30 heavy (non-hydrogen) atoms. The van der Waals surface area contributed by atoms with Crippen LogP contribution in [0, 0.1) is 0 Å². The normalized spacial score (nSPS) is 21.4. The van der Waals surface area contributed by atoms with Crippen molar-refractivity contribution in [1.82, 2.24) is 4.90 Å². The summed E-state index contributed by atoms with van der Waals surface area (Å²) in [6.07, 6.45) is 1.32. The minimum Gasteiger partial charge on any atom is -0.468 e. The van der Waals surface area contributed by atoms with Crippen LogP contribution >= 0.6 is 0 Å². The first-order valence-corrected chi connectivity index (χ1v) is 9.31. The van der Waals surface area contributed by atoms with Gasteiger partial charge in [0.2, 0.25) is 12.1 Å². The summed E-state index contributed by atoms with van der Waals surface area (Å²) >= 11 is 0. The molecule has 0 aromatic heterocycles. The molecule has 1 aromatic carbocycles. The molecule has 2 saturated heterocycles. The van der Waals surface area contributed by atoms with E-state index in [2.05, 4.69) is 0 Å². The van der Waals surface area contributed by atoms with Gasteiger partial charge in [0.15, 0.2) is 12.0 Å². The van der Waals surface area contributed by atoms with Crippen LogP contribution in [0.25, 0.3) is 0 Å². The van der Waals surface area contributed by atoms with Crippen molar-refractivity contribution in [3.63, 3.8) is 0 Å². The van der Waals surface area contributed by atoms with Gasteiger partial charge in [0.05, 0.1) is 6.42 Å². The molecule has 2 heterocycles. The Morgan fingerprint density at radius 1 is 1.20 bits per heavy atom. The number of fused-ring (bicyclic) bond motifs is 1. The summed E-state index contributed by atoms with van der Waals surface area (Å²) in [5.74, 6) is -0.584. The molecular weight excluding hydrogens is 394 g/mol. The van der Waals surface area contributed by atoms with Crippen molar-refractivity contribution < 1.29 is 38.1 Å². The molecule has 158 valence electrons. The zero-order valence-corrected chi connectivity index (χ0v) is 16.3. The second-order valence-corrected chi connectivity index (χ2v) is 6.56. The molecule has 1 amide bonds. The van der Waals surface area contributed by atoms with Crippen LogP contribution in [0.1, 0.15) is 25.3 Å². The molecule has 2 fully saturated rings.